The largest absolute Gasteiger partial charge is 0.550 e. The number of carboxylic acid groups (broad SMARTS) is 2. The van der Waals surface area contributed by atoms with Gasteiger partial charge in [-0.15, -0.1) is 0 Å². The molecule has 9 heteroatoms. The second kappa shape index (κ2) is 7.12. The van der Waals surface area contributed by atoms with Crippen LogP contribution in [0.15, 0.2) is 29.2 Å². The number of hydrogen-bond acceptors (Lipinski definition) is 7. The molecule has 1 aromatic carbocycles. The Morgan fingerprint density at radius 2 is 1.91 bits per heavy atom. The van der Waals surface area contributed by atoms with Crippen molar-refractivity contribution in [3.8, 4) is 0 Å². The third-order valence-corrected chi connectivity index (χ3v) is 4.52. The van der Waals surface area contributed by atoms with Gasteiger partial charge in [-0.05, 0) is 23.8 Å². The summed E-state index contributed by atoms with van der Waals surface area (Å²) in [7, 11) is 0. The Balaban J connectivity index is 2.30. The number of hydrogen-bond donors (Lipinski definition) is 0. The molecule has 0 unspecified atom stereocenters. The first-order valence-corrected chi connectivity index (χ1v) is 7.83. The molecule has 1 saturated heterocycles. The van der Waals surface area contributed by atoms with Gasteiger partial charge in [0.2, 0.25) is 0 Å². The van der Waals surface area contributed by atoms with Crippen molar-refractivity contribution in [2.24, 2.45) is 0 Å². The molecule has 1 heterocycles. The van der Waals surface area contributed by atoms with Crippen molar-refractivity contribution in [2.45, 2.75) is 12.5 Å². The molecular weight excluding hydrogens is 362 g/mol. The summed E-state index contributed by atoms with van der Waals surface area (Å²) in [5, 5.41) is 22.3. The number of rotatable bonds is 5. The summed E-state index contributed by atoms with van der Waals surface area (Å²) >= 11 is 11.6. The molecule has 6 nitrogen and oxygen atoms in total. The van der Waals surface area contributed by atoms with Gasteiger partial charge < -0.3 is 19.8 Å². The van der Waals surface area contributed by atoms with Crippen molar-refractivity contribution >= 4 is 63.8 Å². The molecule has 0 aromatic heterocycles. The summed E-state index contributed by atoms with van der Waals surface area (Å²) < 4.78 is -0.0503. The topological polar surface area (TPSA) is 101 Å². The Morgan fingerprint density at radius 3 is 2.43 bits per heavy atom. The first-order chi connectivity index (χ1) is 10.8. The standard InChI is InChI=1S/C14H10ClNO5S2/c15-8-3-1-7(2-4-8)5-10-12(19)16(14(22)23-10)9(13(20)21)6-11(17)18/h1-5,9H,6H2,(H,17,18)(H,20,21)/p-2/b10-5+/t9-/m0/s1. The number of benzene rings is 1. The maximum absolute atomic E-state index is 12.3. The Labute approximate surface area is 145 Å². The van der Waals surface area contributed by atoms with Crippen LogP contribution in [0, 0.1) is 0 Å². The summed E-state index contributed by atoms with van der Waals surface area (Å²) in [5.74, 6) is -4.02. The highest BCUT2D eigenvalue weighted by Crippen LogP contribution is 2.34. The van der Waals surface area contributed by atoms with Crippen LogP contribution < -0.4 is 10.2 Å². The molecule has 120 valence electrons. The highest BCUT2D eigenvalue weighted by atomic mass is 35.5. The van der Waals surface area contributed by atoms with E-state index in [4.69, 9.17) is 23.8 Å². The Bertz CT molecular complexity index is 716. The van der Waals surface area contributed by atoms with Crippen molar-refractivity contribution in [3.05, 3.63) is 39.8 Å². The lowest BCUT2D eigenvalue weighted by atomic mass is 10.1. The van der Waals surface area contributed by atoms with Crippen LogP contribution in [-0.2, 0) is 14.4 Å². The molecule has 1 aliphatic heterocycles. The average Bonchev–Trinajstić information content (AvgIpc) is 2.73. The van der Waals surface area contributed by atoms with Crippen LogP contribution in [0.4, 0.5) is 0 Å². The highest BCUT2D eigenvalue weighted by molar-refractivity contribution is 8.26. The van der Waals surface area contributed by atoms with Crippen LogP contribution in [0.25, 0.3) is 6.08 Å². The number of thioether (sulfide) groups is 1. The van der Waals surface area contributed by atoms with Gasteiger partial charge in [0.25, 0.3) is 5.91 Å². The maximum atomic E-state index is 12.3. The quantitative estimate of drug-likeness (QED) is 0.523. The van der Waals surface area contributed by atoms with E-state index in [0.717, 1.165) is 16.7 Å². The second-order valence-corrected chi connectivity index (χ2v) is 6.63. The average molecular weight is 370 g/mol. The van der Waals surface area contributed by atoms with Gasteiger partial charge in [-0.1, -0.05) is 47.7 Å². The maximum Gasteiger partial charge on any atom is 0.266 e. The van der Waals surface area contributed by atoms with Gasteiger partial charge in [0.15, 0.2) is 0 Å². The lowest BCUT2D eigenvalue weighted by molar-refractivity contribution is -0.319. The van der Waals surface area contributed by atoms with Gasteiger partial charge in [0.05, 0.1) is 16.9 Å². The SMILES string of the molecule is O=C([O-])C[C@@H](C(=O)[O-])N1C(=O)/C(=C\c2ccc(Cl)cc2)SC1=S. The third kappa shape index (κ3) is 4.10. The van der Waals surface area contributed by atoms with Crippen molar-refractivity contribution in [1.29, 1.82) is 0 Å². The van der Waals surface area contributed by atoms with Crippen LogP contribution in [0.5, 0.6) is 0 Å². The van der Waals surface area contributed by atoms with E-state index in [1.165, 1.54) is 6.08 Å². The van der Waals surface area contributed by atoms with E-state index in [9.17, 15) is 24.6 Å². The molecule has 0 bridgehead atoms. The predicted molar refractivity (Wildman–Crippen MR) is 84.9 cm³/mol. The lowest BCUT2D eigenvalue weighted by Crippen LogP contribution is -2.52. The number of carbonyl (C=O) groups is 3. The lowest BCUT2D eigenvalue weighted by Gasteiger charge is -2.27. The third-order valence-electron chi connectivity index (χ3n) is 2.94. The zero-order valence-corrected chi connectivity index (χ0v) is 13.7. The first kappa shape index (κ1) is 17.5. The first-order valence-electron chi connectivity index (χ1n) is 6.23. The molecule has 0 aliphatic carbocycles. The van der Waals surface area contributed by atoms with Crippen molar-refractivity contribution in [1.82, 2.24) is 4.90 Å². The van der Waals surface area contributed by atoms with Gasteiger partial charge >= 0.3 is 0 Å². The predicted octanol–water partition coefficient (Wildman–Crippen LogP) is -0.200. The second-order valence-electron chi connectivity index (χ2n) is 4.51. The van der Waals surface area contributed by atoms with E-state index in [1.807, 2.05) is 0 Å². The molecule has 1 aromatic rings. The fraction of sp³-hybridized carbons (Fsp3) is 0.143. The molecule has 0 spiro atoms. The Hall–Kier alpha value is -1.90. The van der Waals surface area contributed by atoms with Crippen LogP contribution in [-0.4, -0.2) is 33.1 Å². The van der Waals surface area contributed by atoms with Gasteiger partial charge in [0.1, 0.15) is 4.32 Å². The van der Waals surface area contributed by atoms with Gasteiger partial charge in [0, 0.05) is 17.4 Å². The molecule has 1 fully saturated rings. The minimum absolute atomic E-state index is 0.0503. The van der Waals surface area contributed by atoms with Crippen LogP contribution >= 0.6 is 35.6 Å². The molecule has 0 saturated carbocycles. The zero-order chi connectivity index (χ0) is 17.1. The monoisotopic (exact) mass is 369 g/mol. The molecule has 1 aliphatic rings. The number of carbonyl (C=O) groups excluding carboxylic acids is 3. The normalized spacial score (nSPS) is 17.6. The van der Waals surface area contributed by atoms with E-state index in [2.05, 4.69) is 0 Å². The molecule has 23 heavy (non-hydrogen) atoms. The van der Waals surface area contributed by atoms with Gasteiger partial charge in [-0.3, -0.25) is 9.69 Å². The molecule has 1 atom stereocenters. The number of halogens is 1. The zero-order valence-electron chi connectivity index (χ0n) is 11.4. The van der Waals surface area contributed by atoms with Crippen molar-refractivity contribution < 1.29 is 24.6 Å². The number of nitrogens with zero attached hydrogens (tertiary/aromatic N) is 1. The summed E-state index contributed by atoms with van der Waals surface area (Å²) in [6, 6.07) is 4.91. The van der Waals surface area contributed by atoms with E-state index >= 15 is 0 Å². The fourth-order valence-electron chi connectivity index (χ4n) is 1.90. The van der Waals surface area contributed by atoms with Crippen LogP contribution in [0.1, 0.15) is 12.0 Å². The van der Waals surface area contributed by atoms with Crippen LogP contribution in [0.3, 0.4) is 0 Å². The van der Waals surface area contributed by atoms with E-state index in [1.54, 1.807) is 24.3 Å². The Kier molecular flexibility index (Phi) is 5.40. The molecule has 2 rings (SSSR count). The van der Waals surface area contributed by atoms with Crippen molar-refractivity contribution in [3.63, 3.8) is 0 Å². The van der Waals surface area contributed by atoms with E-state index in [0.29, 0.717) is 10.6 Å². The van der Waals surface area contributed by atoms with Crippen molar-refractivity contribution in [2.75, 3.05) is 0 Å². The Morgan fingerprint density at radius 1 is 1.30 bits per heavy atom. The van der Waals surface area contributed by atoms with E-state index in [-0.39, 0.29) is 9.23 Å². The fourth-order valence-corrected chi connectivity index (χ4v) is 3.38. The van der Waals surface area contributed by atoms with Gasteiger partial charge in [-0.2, -0.15) is 0 Å². The number of thiocarbonyl (C=S) groups is 1. The molecular formula is C14H8ClNO5S2-2. The summed E-state index contributed by atoms with van der Waals surface area (Å²) in [4.78, 5) is 35.0. The van der Waals surface area contributed by atoms with Crippen LogP contribution in [0.2, 0.25) is 5.02 Å². The smallest absolute Gasteiger partial charge is 0.266 e. The highest BCUT2D eigenvalue weighted by Gasteiger charge is 2.37. The van der Waals surface area contributed by atoms with Gasteiger partial charge in [-0.25, -0.2) is 0 Å². The van der Waals surface area contributed by atoms with E-state index < -0.39 is 30.3 Å². The minimum Gasteiger partial charge on any atom is -0.550 e. The summed E-state index contributed by atoms with van der Waals surface area (Å²) in [5.41, 5.74) is 0.666. The summed E-state index contributed by atoms with van der Waals surface area (Å²) in [6.07, 6.45) is 0.615. The number of amides is 1. The molecule has 1 amide bonds. The molecule has 0 radical (unpaired) electrons. The molecule has 0 N–H and O–H groups in total. The number of aliphatic carboxylic acids is 2. The minimum atomic E-state index is -1.71. The number of carboxylic acids is 2. The summed E-state index contributed by atoms with van der Waals surface area (Å²) in [6.45, 7) is 0.